The van der Waals surface area contributed by atoms with Crippen molar-refractivity contribution in [2.24, 2.45) is 5.92 Å². The van der Waals surface area contributed by atoms with Gasteiger partial charge in [-0.25, -0.2) is 0 Å². The normalized spacial score (nSPS) is 24.1. The van der Waals surface area contributed by atoms with Crippen molar-refractivity contribution in [2.75, 3.05) is 17.3 Å². The molecule has 0 aliphatic carbocycles. The van der Waals surface area contributed by atoms with E-state index < -0.39 is 29.2 Å². The van der Waals surface area contributed by atoms with Crippen molar-refractivity contribution in [2.45, 2.75) is 24.4 Å². The molecule has 0 radical (unpaired) electrons. The summed E-state index contributed by atoms with van der Waals surface area (Å²) in [6.07, 6.45) is 3.47. The fraction of sp³-hybridized carbons (Fsp3) is 0.182. The van der Waals surface area contributed by atoms with Gasteiger partial charge in [0.05, 0.1) is 25.3 Å². The van der Waals surface area contributed by atoms with Crippen LogP contribution in [-0.2, 0) is 10.2 Å². The molecule has 3 aliphatic heterocycles. The summed E-state index contributed by atoms with van der Waals surface area (Å²) in [5.74, 6) is -1.41. The molecule has 4 atom stereocenters. The number of carbonyl (C=O) groups is 3. The highest BCUT2D eigenvalue weighted by atomic mass is 16.5. The molecule has 1 fully saturated rings. The summed E-state index contributed by atoms with van der Waals surface area (Å²) in [6, 6.07) is 23.8. The smallest absolute Gasteiger partial charge is 0.238 e. The molecule has 0 unspecified atom stereocenters. The van der Waals surface area contributed by atoms with E-state index in [-0.39, 0.29) is 17.5 Å². The lowest BCUT2D eigenvalue weighted by molar-refractivity contribution is -0.121. The van der Waals surface area contributed by atoms with Crippen LogP contribution >= 0.6 is 0 Å². The second-order valence-electron chi connectivity index (χ2n) is 10.4. The molecule has 3 aromatic carbocycles. The minimum absolute atomic E-state index is 0.110. The number of ether oxygens (including phenoxy) is 1. The number of ketones is 2. The molecule has 198 valence electrons. The van der Waals surface area contributed by atoms with Crippen molar-refractivity contribution < 1.29 is 23.5 Å². The summed E-state index contributed by atoms with van der Waals surface area (Å²) in [7, 11) is 1.54. The van der Waals surface area contributed by atoms with Crippen molar-refractivity contribution in [3.05, 3.63) is 120 Å². The van der Waals surface area contributed by atoms with Gasteiger partial charge >= 0.3 is 0 Å². The standard InChI is InChI=1S/C33H26N2O5/c1-19-17-27-33(23-12-4-5-13-24(23)34-32(33)38)28(31(37)26-15-8-16-40-26)29(35(27)25-14-6-3-11-22(19)25)30(36)20-9-7-10-21(18-20)39-2/h3-18,27-29H,1-2H3,(H,34,38)/t27-,28+,29+,33-/m1/s1. The molecule has 7 rings (SSSR count). The van der Waals surface area contributed by atoms with Gasteiger partial charge in [-0.1, -0.05) is 54.6 Å². The molecule has 1 aromatic heterocycles. The average molecular weight is 531 g/mol. The highest BCUT2D eigenvalue weighted by Crippen LogP contribution is 2.58. The third-order valence-corrected chi connectivity index (χ3v) is 8.55. The van der Waals surface area contributed by atoms with E-state index in [9.17, 15) is 14.4 Å². The van der Waals surface area contributed by atoms with E-state index in [1.54, 1.807) is 43.5 Å². The van der Waals surface area contributed by atoms with Gasteiger partial charge < -0.3 is 19.4 Å². The Morgan fingerprint density at radius 3 is 2.55 bits per heavy atom. The van der Waals surface area contributed by atoms with Crippen LogP contribution in [0.1, 0.15) is 39.0 Å². The first kappa shape index (κ1) is 24.2. The highest BCUT2D eigenvalue weighted by Gasteiger charge is 2.70. The lowest BCUT2D eigenvalue weighted by Crippen LogP contribution is -2.51. The number of nitrogens with zero attached hydrogens (tertiary/aromatic N) is 1. The van der Waals surface area contributed by atoms with Crippen LogP contribution < -0.4 is 15.0 Å². The molecular weight excluding hydrogens is 504 g/mol. The zero-order valence-electron chi connectivity index (χ0n) is 22.0. The molecule has 0 saturated carbocycles. The molecule has 1 N–H and O–H groups in total. The van der Waals surface area contributed by atoms with Crippen molar-refractivity contribution in [3.8, 4) is 5.75 Å². The summed E-state index contributed by atoms with van der Waals surface area (Å²) in [6.45, 7) is 2.00. The van der Waals surface area contributed by atoms with E-state index in [0.717, 1.165) is 16.8 Å². The van der Waals surface area contributed by atoms with Gasteiger partial charge in [0.1, 0.15) is 17.2 Å². The van der Waals surface area contributed by atoms with E-state index in [2.05, 4.69) is 5.32 Å². The second kappa shape index (κ2) is 8.81. The predicted octanol–water partition coefficient (Wildman–Crippen LogP) is 5.53. The fourth-order valence-corrected chi connectivity index (χ4v) is 6.91. The third-order valence-electron chi connectivity index (χ3n) is 8.55. The summed E-state index contributed by atoms with van der Waals surface area (Å²) in [4.78, 5) is 45.5. The van der Waals surface area contributed by atoms with Crippen LogP contribution in [0.15, 0.2) is 102 Å². The second-order valence-corrected chi connectivity index (χ2v) is 10.4. The summed E-state index contributed by atoms with van der Waals surface area (Å²) < 4.78 is 11.0. The van der Waals surface area contributed by atoms with Gasteiger partial charge in [-0.3, -0.25) is 14.4 Å². The number of methoxy groups -OCH3 is 1. The average Bonchev–Trinajstić information content (AvgIpc) is 3.70. The predicted molar refractivity (Wildman–Crippen MR) is 151 cm³/mol. The number of furan rings is 1. The van der Waals surface area contributed by atoms with Gasteiger partial charge in [-0.05, 0) is 54.5 Å². The van der Waals surface area contributed by atoms with Crippen molar-refractivity contribution >= 4 is 34.4 Å². The van der Waals surface area contributed by atoms with Crippen molar-refractivity contribution in [1.29, 1.82) is 0 Å². The lowest BCUT2D eigenvalue weighted by Gasteiger charge is -2.39. The Hall–Kier alpha value is -4.91. The van der Waals surface area contributed by atoms with Crippen LogP contribution in [0.2, 0.25) is 0 Å². The monoisotopic (exact) mass is 530 g/mol. The Morgan fingerprint density at radius 1 is 0.950 bits per heavy atom. The third kappa shape index (κ3) is 3.14. The largest absolute Gasteiger partial charge is 0.497 e. The van der Waals surface area contributed by atoms with Gasteiger partial charge in [0.15, 0.2) is 11.5 Å². The number of rotatable bonds is 5. The minimum Gasteiger partial charge on any atom is -0.497 e. The number of anilines is 2. The summed E-state index contributed by atoms with van der Waals surface area (Å²) in [5.41, 5.74) is 3.09. The minimum atomic E-state index is -1.38. The molecule has 3 aliphatic rings. The molecule has 7 nitrogen and oxygen atoms in total. The maximum atomic E-state index is 14.7. The molecule has 4 heterocycles. The number of carbonyl (C=O) groups excluding carboxylic acids is 3. The molecule has 1 amide bonds. The number of hydrogen-bond acceptors (Lipinski definition) is 6. The van der Waals surface area contributed by atoms with Gasteiger partial charge in [0.2, 0.25) is 11.7 Å². The van der Waals surface area contributed by atoms with Gasteiger partial charge in [0, 0.05) is 22.5 Å². The molecular formula is C33H26N2O5. The van der Waals surface area contributed by atoms with E-state index in [1.165, 1.54) is 6.26 Å². The molecule has 7 heteroatoms. The zero-order chi connectivity index (χ0) is 27.6. The Bertz CT molecular complexity index is 1720. The first-order chi connectivity index (χ1) is 19.5. The van der Waals surface area contributed by atoms with Crippen molar-refractivity contribution in [3.63, 3.8) is 0 Å². The maximum Gasteiger partial charge on any atom is 0.238 e. The van der Waals surface area contributed by atoms with Gasteiger partial charge in [0.25, 0.3) is 0 Å². The van der Waals surface area contributed by atoms with Crippen LogP contribution in [0.25, 0.3) is 5.57 Å². The molecule has 40 heavy (non-hydrogen) atoms. The van der Waals surface area contributed by atoms with Crippen LogP contribution in [0.3, 0.4) is 0 Å². The molecule has 1 spiro atoms. The Morgan fingerprint density at radius 2 is 1.75 bits per heavy atom. The van der Waals surface area contributed by atoms with Gasteiger partial charge in [-0.2, -0.15) is 0 Å². The van der Waals surface area contributed by atoms with Crippen LogP contribution in [0.5, 0.6) is 5.75 Å². The first-order valence-electron chi connectivity index (χ1n) is 13.2. The number of hydrogen-bond donors (Lipinski definition) is 1. The number of benzene rings is 3. The van der Waals surface area contributed by atoms with Crippen LogP contribution in [-0.4, -0.2) is 36.7 Å². The van der Waals surface area contributed by atoms with Crippen molar-refractivity contribution in [1.82, 2.24) is 0 Å². The van der Waals surface area contributed by atoms with E-state index in [4.69, 9.17) is 9.15 Å². The number of amides is 1. The molecule has 4 aromatic rings. The Kier molecular flexibility index (Phi) is 5.32. The van der Waals surface area contributed by atoms with E-state index >= 15 is 0 Å². The van der Waals surface area contributed by atoms with Crippen LogP contribution in [0.4, 0.5) is 11.4 Å². The van der Waals surface area contributed by atoms with Gasteiger partial charge in [-0.15, -0.1) is 0 Å². The Labute approximate surface area is 231 Å². The summed E-state index contributed by atoms with van der Waals surface area (Å²) in [5, 5.41) is 3.04. The highest BCUT2D eigenvalue weighted by molar-refractivity contribution is 6.18. The zero-order valence-corrected chi connectivity index (χ0v) is 22.0. The number of fused-ring (bicyclic) bond motifs is 6. The molecule has 0 bridgehead atoms. The fourth-order valence-electron chi connectivity index (χ4n) is 6.91. The molecule has 1 saturated heterocycles. The Balaban J connectivity index is 1.55. The summed E-state index contributed by atoms with van der Waals surface area (Å²) >= 11 is 0. The number of Topliss-reactive ketones (excluding diaryl/α,β-unsaturated/α-hetero) is 2. The first-order valence-corrected chi connectivity index (χ1v) is 13.2. The van der Waals surface area contributed by atoms with E-state index in [0.29, 0.717) is 22.6 Å². The number of nitrogens with one attached hydrogen (secondary N) is 1. The van der Waals surface area contributed by atoms with E-state index in [1.807, 2.05) is 66.4 Å². The SMILES string of the molecule is COc1cccc(C(=O)[C@@H]2[C@@H](C(=O)c3ccco3)[C@]3(C(=O)Nc4ccccc43)[C@H]3C=C(C)c4ccccc4N23)c1. The number of allylic oxidation sites excluding steroid dienone is 1. The maximum absolute atomic E-state index is 14.7. The topological polar surface area (TPSA) is 88.9 Å². The number of para-hydroxylation sites is 2. The van der Waals surface area contributed by atoms with Crippen LogP contribution in [0, 0.1) is 5.92 Å². The lowest BCUT2D eigenvalue weighted by atomic mass is 9.64. The quantitative estimate of drug-likeness (QED) is 0.341.